The van der Waals surface area contributed by atoms with Gasteiger partial charge in [-0.1, -0.05) is 158 Å². The molecule has 9 aromatic rings. The molecule has 0 amide bonds. The van der Waals surface area contributed by atoms with Crippen molar-refractivity contribution >= 4 is 38.8 Å². The van der Waals surface area contributed by atoms with Gasteiger partial charge < -0.3 is 9.32 Å². The number of furan rings is 1. The van der Waals surface area contributed by atoms with Crippen molar-refractivity contribution in [1.29, 1.82) is 0 Å². The lowest BCUT2D eigenvalue weighted by Crippen LogP contribution is -2.10. The zero-order chi connectivity index (χ0) is 34.1. The van der Waals surface area contributed by atoms with Gasteiger partial charge in [0.2, 0.25) is 0 Å². The average molecular weight is 654 g/mol. The molecule has 2 nitrogen and oxygen atoms in total. The average Bonchev–Trinajstić information content (AvgIpc) is 3.55. The van der Waals surface area contributed by atoms with Crippen molar-refractivity contribution in [2.24, 2.45) is 0 Å². The Labute approximate surface area is 298 Å². The Morgan fingerprint density at radius 1 is 0.392 bits per heavy atom. The molecule has 51 heavy (non-hydrogen) atoms. The van der Waals surface area contributed by atoms with Crippen LogP contribution in [0, 0.1) is 6.92 Å². The maximum absolute atomic E-state index is 6.43. The summed E-state index contributed by atoms with van der Waals surface area (Å²) in [5, 5.41) is 3.54. The number of nitrogens with zero attached hydrogens (tertiary/aromatic N) is 1. The molecule has 0 spiro atoms. The normalized spacial score (nSPS) is 11.2. The summed E-state index contributed by atoms with van der Waals surface area (Å²) in [7, 11) is 0. The molecule has 9 rings (SSSR count). The van der Waals surface area contributed by atoms with Gasteiger partial charge in [0.05, 0.1) is 5.69 Å². The van der Waals surface area contributed by atoms with E-state index in [9.17, 15) is 0 Å². The molecule has 242 valence electrons. The Morgan fingerprint density at radius 2 is 0.941 bits per heavy atom. The summed E-state index contributed by atoms with van der Waals surface area (Å²) in [5.74, 6) is 0.902. The molecule has 0 radical (unpaired) electrons. The van der Waals surface area contributed by atoms with E-state index in [-0.39, 0.29) is 0 Å². The molecule has 1 heterocycles. The van der Waals surface area contributed by atoms with Crippen molar-refractivity contribution in [2.45, 2.75) is 6.92 Å². The molecule has 0 unspecified atom stereocenters. The zero-order valence-electron chi connectivity index (χ0n) is 28.3. The zero-order valence-corrected chi connectivity index (χ0v) is 28.3. The Kier molecular flexibility index (Phi) is 7.75. The van der Waals surface area contributed by atoms with Crippen molar-refractivity contribution in [2.75, 3.05) is 4.90 Å². The van der Waals surface area contributed by atoms with Crippen molar-refractivity contribution < 1.29 is 4.42 Å². The third-order valence-electron chi connectivity index (χ3n) is 9.88. The lowest BCUT2D eigenvalue weighted by atomic mass is 9.89. The van der Waals surface area contributed by atoms with E-state index in [1.54, 1.807) is 0 Å². The first kappa shape index (κ1) is 30.4. The molecule has 0 aliphatic carbocycles. The SMILES string of the molecule is Cc1c(-c2cccc(N(c3ccc(-c4ccccc4-c4ccccc4-c4ccccc4)cc3)c3cccc4ccccc34)c2)oc2ccccc12. The monoisotopic (exact) mass is 653 g/mol. The Bertz CT molecular complexity index is 2640. The van der Waals surface area contributed by atoms with Crippen LogP contribution in [0.1, 0.15) is 5.56 Å². The maximum atomic E-state index is 6.43. The highest BCUT2D eigenvalue weighted by Crippen LogP contribution is 2.43. The van der Waals surface area contributed by atoms with Crippen molar-refractivity contribution in [3.63, 3.8) is 0 Å². The summed E-state index contributed by atoms with van der Waals surface area (Å²) in [5.41, 5.74) is 13.6. The first-order chi connectivity index (χ1) is 25.2. The Balaban J connectivity index is 1.17. The summed E-state index contributed by atoms with van der Waals surface area (Å²) in [6.07, 6.45) is 0. The smallest absolute Gasteiger partial charge is 0.138 e. The van der Waals surface area contributed by atoms with Gasteiger partial charge in [-0.3, -0.25) is 0 Å². The minimum Gasteiger partial charge on any atom is -0.456 e. The molecule has 0 fully saturated rings. The van der Waals surface area contributed by atoms with E-state index in [1.165, 1.54) is 44.2 Å². The van der Waals surface area contributed by atoms with Crippen LogP contribution in [0.5, 0.6) is 0 Å². The van der Waals surface area contributed by atoms with Gasteiger partial charge in [-0.05, 0) is 82.1 Å². The van der Waals surface area contributed by atoms with E-state index in [2.05, 4.69) is 194 Å². The highest BCUT2D eigenvalue weighted by molar-refractivity contribution is 6.00. The number of benzene rings is 8. The molecule has 8 aromatic carbocycles. The van der Waals surface area contributed by atoms with E-state index in [0.29, 0.717) is 0 Å². The molecular formula is C49H35NO. The molecule has 0 saturated heterocycles. The molecule has 0 saturated carbocycles. The molecule has 2 heteroatoms. The van der Waals surface area contributed by atoms with Crippen LogP contribution in [-0.4, -0.2) is 0 Å². The Morgan fingerprint density at radius 3 is 1.67 bits per heavy atom. The number of anilines is 3. The van der Waals surface area contributed by atoms with E-state index in [0.717, 1.165) is 44.9 Å². The van der Waals surface area contributed by atoms with Crippen LogP contribution in [0.25, 0.3) is 66.4 Å². The van der Waals surface area contributed by atoms with E-state index < -0.39 is 0 Å². The van der Waals surface area contributed by atoms with Crippen molar-refractivity contribution in [3.05, 3.63) is 200 Å². The lowest BCUT2D eigenvalue weighted by molar-refractivity contribution is 0.629. The second-order valence-electron chi connectivity index (χ2n) is 12.9. The van der Waals surface area contributed by atoms with Crippen LogP contribution < -0.4 is 4.90 Å². The van der Waals surface area contributed by atoms with Crippen LogP contribution in [0.2, 0.25) is 0 Å². The number of hydrogen-bond donors (Lipinski definition) is 0. The fourth-order valence-electron chi connectivity index (χ4n) is 7.41. The largest absolute Gasteiger partial charge is 0.456 e. The summed E-state index contributed by atoms with van der Waals surface area (Å²) in [4.78, 5) is 2.37. The quantitative estimate of drug-likeness (QED) is 0.170. The predicted molar refractivity (Wildman–Crippen MR) is 215 cm³/mol. The molecule has 0 bridgehead atoms. The van der Waals surface area contributed by atoms with E-state index >= 15 is 0 Å². The van der Waals surface area contributed by atoms with Gasteiger partial charge in [0.1, 0.15) is 11.3 Å². The van der Waals surface area contributed by atoms with Gasteiger partial charge in [0.15, 0.2) is 0 Å². The number of hydrogen-bond acceptors (Lipinski definition) is 2. The fourth-order valence-corrected chi connectivity index (χ4v) is 7.41. The van der Waals surface area contributed by atoms with Crippen molar-refractivity contribution in [1.82, 2.24) is 0 Å². The number of para-hydroxylation sites is 1. The second-order valence-corrected chi connectivity index (χ2v) is 12.9. The van der Waals surface area contributed by atoms with Gasteiger partial charge in [-0.25, -0.2) is 0 Å². The lowest BCUT2D eigenvalue weighted by Gasteiger charge is -2.27. The third kappa shape index (κ3) is 5.57. The molecule has 0 aliphatic rings. The van der Waals surface area contributed by atoms with Gasteiger partial charge in [-0.2, -0.15) is 0 Å². The molecule has 1 aromatic heterocycles. The van der Waals surface area contributed by atoms with Crippen LogP contribution in [0.3, 0.4) is 0 Å². The van der Waals surface area contributed by atoms with Crippen molar-refractivity contribution in [3.8, 4) is 44.7 Å². The highest BCUT2D eigenvalue weighted by atomic mass is 16.3. The topological polar surface area (TPSA) is 16.4 Å². The number of fused-ring (bicyclic) bond motifs is 2. The van der Waals surface area contributed by atoms with Gasteiger partial charge >= 0.3 is 0 Å². The first-order valence-electron chi connectivity index (χ1n) is 17.4. The number of rotatable bonds is 7. The molecular weight excluding hydrogens is 619 g/mol. The summed E-state index contributed by atoms with van der Waals surface area (Å²) in [6.45, 7) is 2.14. The summed E-state index contributed by atoms with van der Waals surface area (Å²) in [6, 6.07) is 69.2. The minimum absolute atomic E-state index is 0.902. The summed E-state index contributed by atoms with van der Waals surface area (Å²) >= 11 is 0. The maximum Gasteiger partial charge on any atom is 0.138 e. The van der Waals surface area contributed by atoms with Gasteiger partial charge in [0.25, 0.3) is 0 Å². The Hall–Kier alpha value is -6.64. The van der Waals surface area contributed by atoms with Gasteiger partial charge in [0, 0.05) is 33.3 Å². The van der Waals surface area contributed by atoms with Crippen LogP contribution >= 0.6 is 0 Å². The minimum atomic E-state index is 0.902. The fraction of sp³-hybridized carbons (Fsp3) is 0.0204. The van der Waals surface area contributed by atoms with Crippen LogP contribution in [0.4, 0.5) is 17.1 Å². The summed E-state index contributed by atoms with van der Waals surface area (Å²) < 4.78 is 6.43. The molecule has 0 atom stereocenters. The van der Waals surface area contributed by atoms with Gasteiger partial charge in [-0.15, -0.1) is 0 Å². The predicted octanol–water partition coefficient (Wildman–Crippen LogP) is 14.0. The van der Waals surface area contributed by atoms with E-state index in [1.807, 2.05) is 12.1 Å². The van der Waals surface area contributed by atoms with E-state index in [4.69, 9.17) is 4.42 Å². The number of aryl methyl sites for hydroxylation is 1. The highest BCUT2D eigenvalue weighted by Gasteiger charge is 2.19. The standard InChI is InChI=1S/C49H35NO/c1-34-41-21-11-12-28-48(41)51-49(34)38-19-13-20-40(33-38)50(47-27-14-18-36-17-5-6-24-44(36)47)39-31-29-37(30-32-39)43-23-8-10-26-46(43)45-25-9-7-22-42(45)35-15-3-2-4-16-35/h2-33H,1H3. The second kappa shape index (κ2) is 13.0. The molecule has 0 aliphatic heterocycles. The van der Waals surface area contributed by atoms with Crippen LogP contribution in [-0.2, 0) is 0 Å². The van der Waals surface area contributed by atoms with Crippen LogP contribution in [0.15, 0.2) is 199 Å². The first-order valence-corrected chi connectivity index (χ1v) is 17.4. The molecule has 0 N–H and O–H groups in total. The third-order valence-corrected chi connectivity index (χ3v) is 9.88.